The molecule has 1 fully saturated rings. The van der Waals surface area contributed by atoms with E-state index in [4.69, 9.17) is 0 Å². The second kappa shape index (κ2) is 7.16. The highest BCUT2D eigenvalue weighted by molar-refractivity contribution is 5.93. The van der Waals surface area contributed by atoms with Crippen molar-refractivity contribution in [2.75, 3.05) is 25.0 Å². The molecular weight excluding hydrogens is 328 g/mol. The lowest BCUT2D eigenvalue weighted by molar-refractivity contribution is 0.0709. The van der Waals surface area contributed by atoms with E-state index in [2.05, 4.69) is 21.1 Å². The van der Waals surface area contributed by atoms with Crippen molar-refractivity contribution in [3.63, 3.8) is 0 Å². The summed E-state index contributed by atoms with van der Waals surface area (Å²) in [5.41, 5.74) is 3.14. The number of anilines is 1. The van der Waals surface area contributed by atoms with Gasteiger partial charge in [0, 0.05) is 45.1 Å². The van der Waals surface area contributed by atoms with Crippen molar-refractivity contribution in [3.8, 4) is 6.07 Å². The van der Waals surface area contributed by atoms with E-state index in [1.54, 1.807) is 24.1 Å². The van der Waals surface area contributed by atoms with Gasteiger partial charge in [-0.25, -0.2) is 4.98 Å². The molecule has 1 saturated heterocycles. The Morgan fingerprint density at radius 1 is 1.35 bits per heavy atom. The van der Waals surface area contributed by atoms with Gasteiger partial charge in [-0.1, -0.05) is 0 Å². The number of aryl methyl sites for hydroxylation is 3. The number of hydrogen-bond acceptors (Lipinski definition) is 5. The van der Waals surface area contributed by atoms with E-state index in [0.29, 0.717) is 11.1 Å². The minimum Gasteiger partial charge on any atom is -0.355 e. The van der Waals surface area contributed by atoms with Gasteiger partial charge in [-0.15, -0.1) is 0 Å². The van der Waals surface area contributed by atoms with Crippen LogP contribution >= 0.6 is 0 Å². The van der Waals surface area contributed by atoms with Crippen molar-refractivity contribution in [1.29, 1.82) is 5.26 Å². The molecule has 0 unspecified atom stereocenters. The van der Waals surface area contributed by atoms with Crippen LogP contribution < -0.4 is 4.90 Å². The van der Waals surface area contributed by atoms with E-state index in [1.807, 2.05) is 31.9 Å². The normalized spacial score (nSPS) is 15.0. The predicted molar refractivity (Wildman–Crippen MR) is 99.0 cm³/mol. The summed E-state index contributed by atoms with van der Waals surface area (Å²) in [7, 11) is 3.66. The van der Waals surface area contributed by atoms with Crippen LogP contribution in [-0.2, 0) is 7.05 Å². The number of aromatic nitrogens is 3. The van der Waals surface area contributed by atoms with Gasteiger partial charge < -0.3 is 9.80 Å². The summed E-state index contributed by atoms with van der Waals surface area (Å²) in [6, 6.07) is 4.40. The molecule has 3 heterocycles. The summed E-state index contributed by atoms with van der Waals surface area (Å²) in [5, 5.41) is 13.6. The molecule has 1 amide bonds. The molecular formula is C19H24N6O. The van der Waals surface area contributed by atoms with Gasteiger partial charge >= 0.3 is 0 Å². The summed E-state index contributed by atoms with van der Waals surface area (Å²) in [6.45, 7) is 5.45. The topological polar surface area (TPSA) is 78.0 Å². The lowest BCUT2D eigenvalue weighted by Gasteiger charge is -2.37. The van der Waals surface area contributed by atoms with Gasteiger partial charge in [0.25, 0.3) is 5.91 Å². The number of amides is 1. The molecule has 1 aliphatic heterocycles. The van der Waals surface area contributed by atoms with Crippen molar-refractivity contribution in [1.82, 2.24) is 19.7 Å². The molecule has 0 bridgehead atoms. The molecule has 0 saturated carbocycles. The van der Waals surface area contributed by atoms with Crippen molar-refractivity contribution in [3.05, 3.63) is 40.8 Å². The molecule has 1 aliphatic rings. The third-order valence-electron chi connectivity index (χ3n) is 5.02. The minimum absolute atomic E-state index is 0.00112. The maximum atomic E-state index is 12.6. The molecule has 0 atom stereocenters. The van der Waals surface area contributed by atoms with Crippen LogP contribution in [0.25, 0.3) is 0 Å². The third-order valence-corrected chi connectivity index (χ3v) is 5.02. The highest BCUT2D eigenvalue weighted by atomic mass is 16.2. The van der Waals surface area contributed by atoms with Crippen molar-refractivity contribution in [2.24, 2.45) is 7.05 Å². The number of pyridine rings is 1. The van der Waals surface area contributed by atoms with E-state index >= 15 is 0 Å². The van der Waals surface area contributed by atoms with Gasteiger partial charge in [-0.05, 0) is 38.3 Å². The Labute approximate surface area is 153 Å². The summed E-state index contributed by atoms with van der Waals surface area (Å²) >= 11 is 0. The fraction of sp³-hybridized carbons (Fsp3) is 0.474. The predicted octanol–water partition coefficient (Wildman–Crippen LogP) is 2.04. The molecule has 2 aromatic heterocycles. The highest BCUT2D eigenvalue weighted by Gasteiger charge is 2.28. The van der Waals surface area contributed by atoms with Crippen LogP contribution in [0.5, 0.6) is 0 Å². The Hall–Kier alpha value is -2.88. The highest BCUT2D eigenvalue weighted by Crippen LogP contribution is 2.26. The number of nitriles is 1. The molecule has 0 radical (unpaired) electrons. The fourth-order valence-electron chi connectivity index (χ4n) is 3.55. The maximum absolute atomic E-state index is 12.6. The van der Waals surface area contributed by atoms with Crippen LogP contribution in [0.4, 0.5) is 5.82 Å². The Morgan fingerprint density at radius 3 is 2.62 bits per heavy atom. The van der Waals surface area contributed by atoms with Crippen molar-refractivity contribution < 1.29 is 4.79 Å². The van der Waals surface area contributed by atoms with Gasteiger partial charge in [0.2, 0.25) is 0 Å². The fourth-order valence-corrected chi connectivity index (χ4v) is 3.55. The zero-order chi connectivity index (χ0) is 18.8. The van der Waals surface area contributed by atoms with E-state index < -0.39 is 0 Å². The largest absolute Gasteiger partial charge is 0.355 e. The Bertz CT molecular complexity index is 857. The van der Waals surface area contributed by atoms with E-state index in [0.717, 1.165) is 43.0 Å². The molecule has 3 rings (SSSR count). The summed E-state index contributed by atoms with van der Waals surface area (Å²) in [4.78, 5) is 21.2. The van der Waals surface area contributed by atoms with Gasteiger partial charge in [0.05, 0.1) is 17.3 Å². The molecule has 0 spiro atoms. The molecule has 2 aromatic rings. The molecule has 7 heteroatoms. The molecule has 0 aromatic carbocycles. The second-order valence-electron chi connectivity index (χ2n) is 6.93. The van der Waals surface area contributed by atoms with Crippen molar-refractivity contribution in [2.45, 2.75) is 32.7 Å². The van der Waals surface area contributed by atoms with Gasteiger partial charge in [-0.2, -0.15) is 10.4 Å². The van der Waals surface area contributed by atoms with Crippen molar-refractivity contribution >= 4 is 11.7 Å². The molecule has 0 aliphatic carbocycles. The lowest BCUT2D eigenvalue weighted by atomic mass is 10.0. The summed E-state index contributed by atoms with van der Waals surface area (Å²) in [6.07, 6.45) is 5.04. The first-order valence-electron chi connectivity index (χ1n) is 8.79. The number of carbonyl (C=O) groups is 1. The van der Waals surface area contributed by atoms with E-state index in [9.17, 15) is 10.1 Å². The lowest BCUT2D eigenvalue weighted by Crippen LogP contribution is -2.46. The van der Waals surface area contributed by atoms with Crippen LogP contribution in [0.15, 0.2) is 18.5 Å². The van der Waals surface area contributed by atoms with Crippen LogP contribution in [0.3, 0.4) is 0 Å². The first-order chi connectivity index (χ1) is 12.4. The van der Waals surface area contributed by atoms with E-state index in [1.165, 1.54) is 0 Å². The Morgan fingerprint density at radius 2 is 2.04 bits per heavy atom. The number of carbonyl (C=O) groups excluding carboxylic acids is 1. The number of piperidine rings is 1. The first-order valence-corrected chi connectivity index (χ1v) is 8.79. The van der Waals surface area contributed by atoms with Gasteiger partial charge in [0.15, 0.2) is 0 Å². The van der Waals surface area contributed by atoms with E-state index in [-0.39, 0.29) is 11.9 Å². The molecule has 7 nitrogen and oxygen atoms in total. The standard InChI is InChI=1S/C19H24N6O/c1-13-9-14(2)22-18(17(13)10-20)25-7-5-16(6-8-25)24(4)19(26)15-11-21-23(3)12-15/h9,11-12,16H,5-8H2,1-4H3. The maximum Gasteiger partial charge on any atom is 0.257 e. The van der Waals surface area contributed by atoms with Crippen LogP contribution in [-0.4, -0.2) is 51.8 Å². The zero-order valence-electron chi connectivity index (χ0n) is 15.7. The SMILES string of the molecule is Cc1cc(C)c(C#N)c(N2CCC(N(C)C(=O)c3cnn(C)c3)CC2)n1. The zero-order valence-corrected chi connectivity index (χ0v) is 15.7. The smallest absolute Gasteiger partial charge is 0.257 e. The quantitative estimate of drug-likeness (QED) is 0.845. The second-order valence-corrected chi connectivity index (χ2v) is 6.93. The minimum atomic E-state index is -0.00112. The first kappa shape index (κ1) is 17.9. The number of rotatable bonds is 3. The molecule has 26 heavy (non-hydrogen) atoms. The number of nitrogens with zero attached hydrogens (tertiary/aromatic N) is 6. The number of hydrogen-bond donors (Lipinski definition) is 0. The van der Waals surface area contributed by atoms with Gasteiger partial charge in [-0.3, -0.25) is 9.48 Å². The average Bonchev–Trinajstić information content (AvgIpc) is 3.06. The summed E-state index contributed by atoms with van der Waals surface area (Å²) < 4.78 is 1.64. The Balaban J connectivity index is 1.70. The Kier molecular flexibility index (Phi) is 4.94. The van der Waals surface area contributed by atoms with Crippen LogP contribution in [0.1, 0.15) is 40.0 Å². The van der Waals surface area contributed by atoms with Crippen LogP contribution in [0.2, 0.25) is 0 Å². The summed E-state index contributed by atoms with van der Waals surface area (Å²) in [5.74, 6) is 0.767. The van der Waals surface area contributed by atoms with Gasteiger partial charge in [0.1, 0.15) is 11.9 Å². The molecule has 0 N–H and O–H groups in total. The third kappa shape index (κ3) is 3.40. The average molecular weight is 352 g/mol. The van der Waals surface area contributed by atoms with Crippen LogP contribution in [0, 0.1) is 25.2 Å². The molecule has 136 valence electrons. The monoisotopic (exact) mass is 352 g/mol.